The molecule has 1 N–H and O–H groups in total. The van der Waals surface area contributed by atoms with Crippen molar-refractivity contribution in [3.05, 3.63) is 60.2 Å². The quantitative estimate of drug-likeness (QED) is 0.816. The van der Waals surface area contributed by atoms with Crippen LogP contribution < -0.4 is 5.32 Å². The van der Waals surface area contributed by atoms with Crippen LogP contribution in [0, 0.1) is 0 Å². The Hall–Kier alpha value is -2.22. The molecular formula is C22H26N2O4S. The lowest BCUT2D eigenvalue weighted by atomic mass is 9.95. The number of benzene rings is 2. The summed E-state index contributed by atoms with van der Waals surface area (Å²) in [6.07, 6.45) is 1.37. The third kappa shape index (κ3) is 3.95. The summed E-state index contributed by atoms with van der Waals surface area (Å²) < 4.78 is 33.0. The number of hydrogen-bond acceptors (Lipinski definition) is 4. The molecule has 6 nitrogen and oxygen atoms in total. The first kappa shape index (κ1) is 20.1. The number of ether oxygens (including phenoxy) is 1. The summed E-state index contributed by atoms with van der Waals surface area (Å²) >= 11 is 0. The first-order valence-corrected chi connectivity index (χ1v) is 11.4. The van der Waals surface area contributed by atoms with Crippen molar-refractivity contribution in [3.63, 3.8) is 0 Å². The number of carbonyl (C=O) groups excluding carboxylic acids is 1. The number of amides is 1. The lowest BCUT2D eigenvalue weighted by molar-refractivity contribution is -0.118. The van der Waals surface area contributed by atoms with Gasteiger partial charge in [-0.25, -0.2) is 8.42 Å². The van der Waals surface area contributed by atoms with Gasteiger partial charge in [0.15, 0.2) is 0 Å². The Morgan fingerprint density at radius 3 is 2.14 bits per heavy atom. The molecule has 1 heterocycles. The molecule has 154 valence electrons. The zero-order valence-electron chi connectivity index (χ0n) is 16.7. The standard InChI is InChI=1S/C22H26N2O4S/c1-16-14-24(15-17(2)28-16)29(26,27)20-10-8-19(9-11-20)23-21(25)22(12-13-22)18-6-4-3-5-7-18/h3-11,16-17H,12-15H2,1-2H3,(H,23,25). The summed E-state index contributed by atoms with van der Waals surface area (Å²) in [4.78, 5) is 13.1. The minimum atomic E-state index is -3.59. The zero-order chi connectivity index (χ0) is 20.6. The average Bonchev–Trinajstić information content (AvgIpc) is 3.50. The van der Waals surface area contributed by atoms with Gasteiger partial charge in [-0.15, -0.1) is 0 Å². The van der Waals surface area contributed by atoms with Crippen molar-refractivity contribution in [1.82, 2.24) is 4.31 Å². The molecule has 0 bridgehead atoms. The van der Waals surface area contributed by atoms with Crippen molar-refractivity contribution in [2.24, 2.45) is 0 Å². The third-order valence-corrected chi connectivity index (χ3v) is 7.49. The van der Waals surface area contributed by atoms with Gasteiger partial charge >= 0.3 is 0 Å². The highest BCUT2D eigenvalue weighted by Crippen LogP contribution is 2.48. The molecule has 1 aliphatic heterocycles. The van der Waals surface area contributed by atoms with Gasteiger partial charge in [0.1, 0.15) is 0 Å². The van der Waals surface area contributed by atoms with Crippen molar-refractivity contribution in [1.29, 1.82) is 0 Å². The van der Waals surface area contributed by atoms with Gasteiger partial charge in [0.25, 0.3) is 0 Å². The molecular weight excluding hydrogens is 388 g/mol. The summed E-state index contributed by atoms with van der Waals surface area (Å²) in [5, 5.41) is 2.95. The van der Waals surface area contributed by atoms with Crippen LogP contribution in [0.2, 0.25) is 0 Å². The molecule has 2 unspecified atom stereocenters. The third-order valence-electron chi connectivity index (χ3n) is 5.65. The van der Waals surface area contributed by atoms with Crippen LogP contribution in [0.3, 0.4) is 0 Å². The lowest BCUT2D eigenvalue weighted by Gasteiger charge is -2.34. The lowest BCUT2D eigenvalue weighted by Crippen LogP contribution is -2.48. The van der Waals surface area contributed by atoms with Gasteiger partial charge in [-0.2, -0.15) is 4.31 Å². The normalized spacial score (nSPS) is 24.1. The highest BCUT2D eigenvalue weighted by molar-refractivity contribution is 7.89. The second-order valence-corrected chi connectivity index (χ2v) is 9.94. The molecule has 29 heavy (non-hydrogen) atoms. The van der Waals surface area contributed by atoms with Gasteiger partial charge in [-0.05, 0) is 56.5 Å². The maximum atomic E-state index is 12.9. The van der Waals surface area contributed by atoms with E-state index in [-0.39, 0.29) is 23.0 Å². The van der Waals surface area contributed by atoms with E-state index in [2.05, 4.69) is 5.32 Å². The number of morpholine rings is 1. The molecule has 2 aliphatic rings. The Kier molecular flexibility index (Phi) is 5.23. The second kappa shape index (κ2) is 7.55. The van der Waals surface area contributed by atoms with Crippen LogP contribution in [-0.2, 0) is 25.0 Å². The molecule has 2 aromatic carbocycles. The van der Waals surface area contributed by atoms with Crippen LogP contribution in [0.4, 0.5) is 5.69 Å². The van der Waals surface area contributed by atoms with Crippen molar-refractivity contribution < 1.29 is 17.9 Å². The fraction of sp³-hybridized carbons (Fsp3) is 0.409. The Balaban J connectivity index is 1.48. The monoisotopic (exact) mass is 414 g/mol. The number of carbonyl (C=O) groups is 1. The summed E-state index contributed by atoms with van der Waals surface area (Å²) in [6.45, 7) is 4.42. The topological polar surface area (TPSA) is 75.7 Å². The number of anilines is 1. The van der Waals surface area contributed by atoms with E-state index in [0.29, 0.717) is 18.8 Å². The van der Waals surface area contributed by atoms with Crippen LogP contribution in [0.15, 0.2) is 59.5 Å². The first-order valence-electron chi connectivity index (χ1n) is 9.94. The van der Waals surface area contributed by atoms with E-state index in [1.807, 2.05) is 44.2 Å². The molecule has 4 rings (SSSR count). The van der Waals surface area contributed by atoms with Crippen LogP contribution in [0.1, 0.15) is 32.3 Å². The molecule has 2 aromatic rings. The molecule has 0 spiro atoms. The fourth-order valence-corrected chi connectivity index (χ4v) is 5.56. The number of nitrogens with one attached hydrogen (secondary N) is 1. The van der Waals surface area contributed by atoms with Crippen LogP contribution in [0.5, 0.6) is 0 Å². The average molecular weight is 415 g/mol. The minimum absolute atomic E-state index is 0.0462. The Labute approximate surface area is 171 Å². The van der Waals surface area contributed by atoms with Gasteiger partial charge in [-0.3, -0.25) is 4.79 Å². The zero-order valence-corrected chi connectivity index (χ0v) is 17.5. The smallest absolute Gasteiger partial charge is 0.243 e. The van der Waals surface area contributed by atoms with Gasteiger partial charge < -0.3 is 10.1 Å². The van der Waals surface area contributed by atoms with E-state index in [1.165, 1.54) is 4.31 Å². The van der Waals surface area contributed by atoms with Crippen molar-refractivity contribution in [2.75, 3.05) is 18.4 Å². The number of hydrogen-bond donors (Lipinski definition) is 1. The van der Waals surface area contributed by atoms with Crippen molar-refractivity contribution in [3.8, 4) is 0 Å². The molecule has 0 aromatic heterocycles. The van der Waals surface area contributed by atoms with Crippen molar-refractivity contribution >= 4 is 21.6 Å². The molecule has 1 saturated heterocycles. The number of nitrogens with zero attached hydrogens (tertiary/aromatic N) is 1. The Morgan fingerprint density at radius 1 is 1.00 bits per heavy atom. The van der Waals surface area contributed by atoms with Crippen molar-refractivity contribution in [2.45, 2.75) is 49.2 Å². The van der Waals surface area contributed by atoms with E-state index in [4.69, 9.17) is 4.74 Å². The minimum Gasteiger partial charge on any atom is -0.373 e. The van der Waals surface area contributed by atoms with E-state index in [0.717, 1.165) is 18.4 Å². The van der Waals surface area contributed by atoms with Gasteiger partial charge in [0, 0.05) is 18.8 Å². The molecule has 1 amide bonds. The molecule has 1 aliphatic carbocycles. The van der Waals surface area contributed by atoms with E-state index < -0.39 is 15.4 Å². The maximum absolute atomic E-state index is 12.9. The summed E-state index contributed by atoms with van der Waals surface area (Å²) in [5.41, 5.74) is 1.15. The molecule has 7 heteroatoms. The van der Waals surface area contributed by atoms with E-state index in [9.17, 15) is 13.2 Å². The van der Waals surface area contributed by atoms with Gasteiger partial charge in [0.05, 0.1) is 22.5 Å². The molecule has 1 saturated carbocycles. The largest absolute Gasteiger partial charge is 0.373 e. The first-order chi connectivity index (χ1) is 13.8. The highest BCUT2D eigenvalue weighted by Gasteiger charge is 2.51. The molecule has 2 fully saturated rings. The second-order valence-electron chi connectivity index (χ2n) is 8.01. The van der Waals surface area contributed by atoms with Gasteiger partial charge in [0.2, 0.25) is 15.9 Å². The Bertz CT molecular complexity index is 975. The van der Waals surface area contributed by atoms with Crippen LogP contribution in [0.25, 0.3) is 0 Å². The summed E-state index contributed by atoms with van der Waals surface area (Å²) in [7, 11) is -3.59. The SMILES string of the molecule is CC1CN(S(=O)(=O)c2ccc(NC(=O)C3(c4ccccc4)CC3)cc2)CC(C)O1. The summed E-state index contributed by atoms with van der Waals surface area (Å²) in [6, 6.07) is 16.2. The Morgan fingerprint density at radius 2 is 1.59 bits per heavy atom. The highest BCUT2D eigenvalue weighted by atomic mass is 32.2. The molecule has 2 atom stereocenters. The van der Waals surface area contributed by atoms with E-state index in [1.54, 1.807) is 24.3 Å². The van der Waals surface area contributed by atoms with Crippen LogP contribution in [-0.4, -0.2) is 43.9 Å². The van der Waals surface area contributed by atoms with Crippen LogP contribution >= 0.6 is 0 Å². The van der Waals surface area contributed by atoms with E-state index >= 15 is 0 Å². The predicted molar refractivity (Wildman–Crippen MR) is 111 cm³/mol. The fourth-order valence-electron chi connectivity index (χ4n) is 3.97. The predicted octanol–water partition coefficient (Wildman–Crippen LogP) is 3.15. The number of sulfonamides is 1. The van der Waals surface area contributed by atoms with Gasteiger partial charge in [-0.1, -0.05) is 30.3 Å². The molecule has 0 radical (unpaired) electrons. The maximum Gasteiger partial charge on any atom is 0.243 e. The number of rotatable bonds is 5. The summed E-state index contributed by atoms with van der Waals surface area (Å²) in [5.74, 6) is -0.0462.